The van der Waals surface area contributed by atoms with Gasteiger partial charge in [-0.25, -0.2) is 0 Å². The van der Waals surface area contributed by atoms with E-state index in [1.165, 1.54) is 18.4 Å². The number of furan rings is 1. The number of carbonyl (C=O) groups is 1. The molecule has 5 heteroatoms. The van der Waals surface area contributed by atoms with Crippen LogP contribution in [0.4, 0.5) is 0 Å². The number of ketones is 1. The molecule has 3 rings (SSSR count). The van der Waals surface area contributed by atoms with Crippen molar-refractivity contribution in [2.24, 2.45) is 0 Å². The number of hydrogen-bond donors (Lipinski definition) is 1. The van der Waals surface area contributed by atoms with Gasteiger partial charge in [-0.3, -0.25) is 4.79 Å². The molecule has 0 unspecified atom stereocenters. The van der Waals surface area contributed by atoms with E-state index in [2.05, 4.69) is 0 Å². The predicted molar refractivity (Wildman–Crippen MR) is 74.0 cm³/mol. The van der Waals surface area contributed by atoms with E-state index in [1.807, 2.05) is 14.1 Å². The first kappa shape index (κ1) is 13.5. The highest BCUT2D eigenvalue weighted by molar-refractivity contribution is 6.14. The molecule has 0 spiro atoms. The normalized spacial score (nSPS) is 15.6. The maximum Gasteiger partial charge on any atom is 0.232 e. The van der Waals surface area contributed by atoms with Gasteiger partial charge in [0, 0.05) is 11.6 Å². The van der Waals surface area contributed by atoms with Gasteiger partial charge in [0.2, 0.25) is 5.78 Å². The van der Waals surface area contributed by atoms with E-state index in [4.69, 9.17) is 9.15 Å². The molecular weight excluding hydrogens is 270 g/mol. The van der Waals surface area contributed by atoms with Crippen LogP contribution in [0, 0.1) is 0 Å². The van der Waals surface area contributed by atoms with Crippen molar-refractivity contribution in [2.75, 3.05) is 14.1 Å². The number of Topliss-reactive ketones (excluding diaryl/α,β-unsaturated/α-hetero) is 1. The smallest absolute Gasteiger partial charge is 0.232 e. The van der Waals surface area contributed by atoms with Crippen LogP contribution in [0.5, 0.6) is 11.5 Å². The average molecular weight is 285 g/mol. The van der Waals surface area contributed by atoms with Crippen molar-refractivity contribution in [3.63, 3.8) is 0 Å². The summed E-state index contributed by atoms with van der Waals surface area (Å²) in [6.07, 6.45) is 3.06. The molecule has 2 aromatic rings. The van der Waals surface area contributed by atoms with Crippen LogP contribution in [0.15, 0.2) is 40.7 Å². The fourth-order valence-corrected chi connectivity index (χ4v) is 2.31. The van der Waals surface area contributed by atoms with Gasteiger partial charge in [0.15, 0.2) is 5.76 Å². The highest BCUT2D eigenvalue weighted by Gasteiger charge is 2.30. The lowest BCUT2D eigenvalue weighted by molar-refractivity contribution is -0.872. The predicted octanol–water partition coefficient (Wildman–Crippen LogP) is 0.614. The van der Waals surface area contributed by atoms with Crippen molar-refractivity contribution >= 4 is 11.9 Å². The summed E-state index contributed by atoms with van der Waals surface area (Å²) in [6, 6.07) is 6.41. The first-order valence-electron chi connectivity index (χ1n) is 6.66. The number of nitrogens with one attached hydrogen (secondary N) is 1. The van der Waals surface area contributed by atoms with Crippen molar-refractivity contribution in [2.45, 2.75) is 6.54 Å². The zero-order chi connectivity index (χ0) is 15.0. The standard InChI is InChI=1S/C16H15NO4/c1-17(2)9-12-13(18)6-5-11-15(19)14(21-16(11)12)8-10-4-3-7-20-10/h3-8,18H,9H2,1-2H3. The fourth-order valence-electron chi connectivity index (χ4n) is 2.31. The molecule has 1 aromatic carbocycles. The molecule has 0 amide bonds. The SMILES string of the molecule is C[NH+](C)Cc1c([O-])ccc2c1OC(=Cc1ccco1)C2=O. The summed E-state index contributed by atoms with van der Waals surface area (Å²) in [7, 11) is 3.88. The van der Waals surface area contributed by atoms with Crippen LogP contribution in [-0.4, -0.2) is 19.9 Å². The molecule has 1 N–H and O–H groups in total. The van der Waals surface area contributed by atoms with E-state index >= 15 is 0 Å². The number of ether oxygens (including phenoxy) is 1. The minimum atomic E-state index is -0.226. The minimum Gasteiger partial charge on any atom is -0.872 e. The molecular formula is C16H15NO4. The molecule has 1 aliphatic heterocycles. The van der Waals surface area contributed by atoms with Gasteiger partial charge >= 0.3 is 0 Å². The number of fused-ring (bicyclic) bond motifs is 1. The van der Waals surface area contributed by atoms with Crippen LogP contribution in [0.25, 0.3) is 6.08 Å². The fraction of sp³-hybridized carbons (Fsp3) is 0.188. The summed E-state index contributed by atoms with van der Waals surface area (Å²) in [4.78, 5) is 13.4. The Morgan fingerprint density at radius 3 is 2.76 bits per heavy atom. The second-order valence-electron chi connectivity index (χ2n) is 5.26. The Morgan fingerprint density at radius 1 is 1.29 bits per heavy atom. The number of carbonyl (C=O) groups excluding carboxylic acids is 1. The average Bonchev–Trinajstić information content (AvgIpc) is 3.03. The maximum absolute atomic E-state index is 12.3. The Hall–Kier alpha value is -2.53. The van der Waals surface area contributed by atoms with Crippen molar-refractivity contribution in [3.05, 3.63) is 53.2 Å². The van der Waals surface area contributed by atoms with Gasteiger partial charge in [0.25, 0.3) is 0 Å². The first-order chi connectivity index (χ1) is 10.1. The maximum atomic E-state index is 12.3. The zero-order valence-corrected chi connectivity index (χ0v) is 11.8. The van der Waals surface area contributed by atoms with Gasteiger partial charge in [0.1, 0.15) is 18.1 Å². The molecule has 21 heavy (non-hydrogen) atoms. The lowest BCUT2D eigenvalue weighted by Crippen LogP contribution is -3.04. The van der Waals surface area contributed by atoms with E-state index in [9.17, 15) is 9.90 Å². The Kier molecular flexibility index (Phi) is 3.27. The Balaban J connectivity index is 2.03. The van der Waals surface area contributed by atoms with Gasteiger partial charge in [-0.1, -0.05) is 11.8 Å². The second kappa shape index (κ2) is 5.10. The molecule has 0 saturated heterocycles. The van der Waals surface area contributed by atoms with E-state index in [-0.39, 0.29) is 17.3 Å². The van der Waals surface area contributed by atoms with Crippen LogP contribution in [0.2, 0.25) is 0 Å². The van der Waals surface area contributed by atoms with Gasteiger partial charge in [-0.05, 0) is 18.2 Å². The molecule has 0 fully saturated rings. The summed E-state index contributed by atoms with van der Waals surface area (Å²) in [5, 5.41) is 12.0. The lowest BCUT2D eigenvalue weighted by atomic mass is 10.0. The highest BCUT2D eigenvalue weighted by atomic mass is 16.5. The van der Waals surface area contributed by atoms with E-state index in [1.54, 1.807) is 18.2 Å². The molecule has 2 heterocycles. The summed E-state index contributed by atoms with van der Waals surface area (Å²) in [6.45, 7) is 0.503. The molecule has 0 saturated carbocycles. The van der Waals surface area contributed by atoms with Gasteiger partial charge in [-0.2, -0.15) is 0 Å². The molecule has 1 aromatic heterocycles. The third-order valence-electron chi connectivity index (χ3n) is 3.24. The third-order valence-corrected chi connectivity index (χ3v) is 3.24. The van der Waals surface area contributed by atoms with Crippen molar-refractivity contribution in [3.8, 4) is 11.5 Å². The van der Waals surface area contributed by atoms with Crippen molar-refractivity contribution in [1.82, 2.24) is 0 Å². The summed E-state index contributed by atoms with van der Waals surface area (Å²) >= 11 is 0. The Morgan fingerprint density at radius 2 is 2.10 bits per heavy atom. The summed E-state index contributed by atoms with van der Waals surface area (Å²) in [5.74, 6) is 0.763. The molecule has 108 valence electrons. The van der Waals surface area contributed by atoms with E-state index in [0.29, 0.717) is 29.2 Å². The molecule has 0 atom stereocenters. The van der Waals surface area contributed by atoms with Crippen LogP contribution >= 0.6 is 0 Å². The van der Waals surface area contributed by atoms with Crippen LogP contribution in [-0.2, 0) is 6.54 Å². The van der Waals surface area contributed by atoms with Crippen molar-refractivity contribution < 1.29 is 24.0 Å². The minimum absolute atomic E-state index is 0.109. The molecule has 5 nitrogen and oxygen atoms in total. The molecule has 1 aliphatic rings. The van der Waals surface area contributed by atoms with Gasteiger partial charge < -0.3 is 19.2 Å². The number of rotatable bonds is 3. The topological polar surface area (TPSA) is 66.9 Å². The Bertz CT molecular complexity index is 714. The van der Waals surface area contributed by atoms with E-state index in [0.717, 1.165) is 4.90 Å². The number of benzene rings is 1. The number of hydrogen-bond acceptors (Lipinski definition) is 4. The summed E-state index contributed by atoms with van der Waals surface area (Å²) in [5.41, 5.74) is 0.965. The molecule has 0 aliphatic carbocycles. The van der Waals surface area contributed by atoms with Crippen LogP contribution < -0.4 is 14.7 Å². The number of quaternary nitrogens is 1. The monoisotopic (exact) mass is 285 g/mol. The first-order valence-corrected chi connectivity index (χ1v) is 6.66. The van der Waals surface area contributed by atoms with Gasteiger partial charge in [0.05, 0.1) is 25.9 Å². The van der Waals surface area contributed by atoms with E-state index < -0.39 is 0 Å². The van der Waals surface area contributed by atoms with Crippen LogP contribution in [0.3, 0.4) is 0 Å². The number of allylic oxidation sites excluding steroid dienone is 1. The highest BCUT2D eigenvalue weighted by Crippen LogP contribution is 2.38. The lowest BCUT2D eigenvalue weighted by Gasteiger charge is -2.17. The zero-order valence-electron chi connectivity index (χ0n) is 11.8. The van der Waals surface area contributed by atoms with Gasteiger partial charge in [-0.15, -0.1) is 0 Å². The third kappa shape index (κ3) is 2.43. The largest absolute Gasteiger partial charge is 0.872 e. The van der Waals surface area contributed by atoms with Crippen molar-refractivity contribution in [1.29, 1.82) is 0 Å². The Labute approximate surface area is 122 Å². The summed E-state index contributed by atoms with van der Waals surface area (Å²) < 4.78 is 10.8. The van der Waals surface area contributed by atoms with Crippen LogP contribution in [0.1, 0.15) is 21.7 Å². The molecule has 0 radical (unpaired) electrons. The molecule has 0 bridgehead atoms. The second-order valence-corrected chi connectivity index (χ2v) is 5.26. The quantitative estimate of drug-likeness (QED) is 0.839.